The first-order chi connectivity index (χ1) is 15.5. The summed E-state index contributed by atoms with van der Waals surface area (Å²) < 4.78 is 0. The quantitative estimate of drug-likeness (QED) is 0.726. The van der Waals surface area contributed by atoms with E-state index in [0.29, 0.717) is 31.3 Å². The standard InChI is InChI=1S/C25H36N4O3/c1-17-14-18(11-12-27-17)15-21-22(23(26)30)29(24(21)31)25(32)28-13-7-10-20(16-28)19-8-5-3-2-4-6-9-19/h11-12,14,19-22H,2-10,13,15-16H2,1H3,(H2,26,30)/t20?,21-,22+/m1/s1. The summed E-state index contributed by atoms with van der Waals surface area (Å²) in [5.74, 6) is -0.328. The Kier molecular flexibility index (Phi) is 7.11. The Labute approximate surface area is 190 Å². The Morgan fingerprint density at radius 2 is 1.75 bits per heavy atom. The van der Waals surface area contributed by atoms with Crippen LogP contribution in [0, 0.1) is 24.7 Å². The van der Waals surface area contributed by atoms with E-state index in [0.717, 1.165) is 29.0 Å². The lowest BCUT2D eigenvalue weighted by molar-refractivity contribution is -0.157. The summed E-state index contributed by atoms with van der Waals surface area (Å²) in [4.78, 5) is 45.6. The van der Waals surface area contributed by atoms with E-state index < -0.39 is 17.9 Å². The van der Waals surface area contributed by atoms with Crippen molar-refractivity contribution in [3.05, 3.63) is 29.6 Å². The van der Waals surface area contributed by atoms with Gasteiger partial charge in [-0.2, -0.15) is 0 Å². The van der Waals surface area contributed by atoms with E-state index in [1.54, 1.807) is 11.1 Å². The molecule has 32 heavy (non-hydrogen) atoms. The number of carbonyl (C=O) groups excluding carboxylic acids is 3. The molecule has 0 bridgehead atoms. The molecule has 1 unspecified atom stereocenters. The number of aryl methyl sites for hydroxylation is 1. The second-order valence-electron chi connectivity index (χ2n) is 9.91. The molecule has 174 valence electrons. The molecule has 0 aromatic carbocycles. The van der Waals surface area contributed by atoms with Gasteiger partial charge in [-0.05, 0) is 55.7 Å². The molecule has 3 aliphatic rings. The van der Waals surface area contributed by atoms with E-state index in [4.69, 9.17) is 5.73 Å². The molecule has 3 atom stereocenters. The normalized spacial score (nSPS) is 27.4. The number of likely N-dealkylation sites (tertiary alicyclic amines) is 2. The lowest BCUT2D eigenvalue weighted by Crippen LogP contribution is -2.70. The van der Waals surface area contributed by atoms with E-state index >= 15 is 0 Å². The van der Waals surface area contributed by atoms with Gasteiger partial charge in [0.25, 0.3) is 0 Å². The monoisotopic (exact) mass is 440 g/mol. The largest absolute Gasteiger partial charge is 0.368 e. The fourth-order valence-electron chi connectivity index (χ4n) is 5.95. The number of amides is 4. The summed E-state index contributed by atoms with van der Waals surface area (Å²) in [6.45, 7) is 3.22. The van der Waals surface area contributed by atoms with Crippen LogP contribution in [0.2, 0.25) is 0 Å². The first kappa shape index (κ1) is 22.7. The highest BCUT2D eigenvalue weighted by molar-refractivity contribution is 6.08. The number of hydrogen-bond acceptors (Lipinski definition) is 4. The van der Waals surface area contributed by atoms with Crippen molar-refractivity contribution in [1.82, 2.24) is 14.8 Å². The third-order valence-electron chi connectivity index (χ3n) is 7.67. The van der Waals surface area contributed by atoms with E-state index in [2.05, 4.69) is 4.98 Å². The number of β-lactam (4-membered cyclic amide) rings is 1. The van der Waals surface area contributed by atoms with Gasteiger partial charge in [-0.3, -0.25) is 19.5 Å². The fraction of sp³-hybridized carbons (Fsp3) is 0.680. The fourth-order valence-corrected chi connectivity index (χ4v) is 5.95. The van der Waals surface area contributed by atoms with Crippen LogP contribution >= 0.6 is 0 Å². The van der Waals surface area contributed by atoms with Crippen molar-refractivity contribution in [1.29, 1.82) is 0 Å². The summed E-state index contributed by atoms with van der Waals surface area (Å²) >= 11 is 0. The van der Waals surface area contributed by atoms with E-state index in [-0.39, 0.29) is 11.9 Å². The van der Waals surface area contributed by atoms with E-state index in [1.165, 1.54) is 44.9 Å². The summed E-state index contributed by atoms with van der Waals surface area (Å²) in [7, 11) is 0. The van der Waals surface area contributed by atoms with Gasteiger partial charge < -0.3 is 10.6 Å². The van der Waals surface area contributed by atoms with Crippen LogP contribution in [0.15, 0.2) is 18.3 Å². The van der Waals surface area contributed by atoms with Gasteiger partial charge in [-0.15, -0.1) is 0 Å². The van der Waals surface area contributed by atoms with Gasteiger partial charge in [0.15, 0.2) is 0 Å². The van der Waals surface area contributed by atoms with Crippen molar-refractivity contribution < 1.29 is 14.4 Å². The topological polar surface area (TPSA) is 96.6 Å². The molecule has 4 rings (SSSR count). The number of pyridine rings is 1. The molecule has 7 nitrogen and oxygen atoms in total. The number of hydrogen-bond donors (Lipinski definition) is 1. The zero-order valence-corrected chi connectivity index (χ0v) is 19.2. The van der Waals surface area contributed by atoms with Gasteiger partial charge >= 0.3 is 6.03 Å². The maximum atomic E-state index is 13.3. The Balaban J connectivity index is 1.42. The van der Waals surface area contributed by atoms with Crippen LogP contribution in [0.5, 0.6) is 0 Å². The SMILES string of the molecule is Cc1cc(C[C@H]2C(=O)N(C(=O)N3CCCC(C4CCCCCCC4)C3)[C@@H]2C(N)=O)ccn1. The number of aromatic nitrogens is 1. The summed E-state index contributed by atoms with van der Waals surface area (Å²) in [5.41, 5.74) is 7.43. The number of urea groups is 1. The van der Waals surface area contributed by atoms with Gasteiger partial charge in [-0.1, -0.05) is 44.9 Å². The molecule has 2 aliphatic heterocycles. The third-order valence-corrected chi connectivity index (χ3v) is 7.67. The maximum Gasteiger partial charge on any atom is 0.327 e. The number of rotatable bonds is 4. The summed E-state index contributed by atoms with van der Waals surface area (Å²) in [5, 5.41) is 0. The number of nitrogens with zero attached hydrogens (tertiary/aromatic N) is 3. The van der Waals surface area contributed by atoms with Crippen LogP contribution < -0.4 is 5.73 Å². The predicted molar refractivity (Wildman–Crippen MR) is 121 cm³/mol. The number of piperidine rings is 1. The molecule has 0 spiro atoms. The highest BCUT2D eigenvalue weighted by Gasteiger charge is 2.54. The molecule has 1 saturated carbocycles. The molecule has 2 saturated heterocycles. The first-order valence-corrected chi connectivity index (χ1v) is 12.3. The average Bonchev–Trinajstić information content (AvgIpc) is 2.75. The molecule has 3 heterocycles. The zero-order chi connectivity index (χ0) is 22.7. The Hall–Kier alpha value is -2.44. The minimum atomic E-state index is -0.870. The number of primary amides is 1. The molecule has 3 fully saturated rings. The minimum absolute atomic E-state index is 0.290. The Morgan fingerprint density at radius 1 is 1.06 bits per heavy atom. The molecule has 2 N–H and O–H groups in total. The van der Waals surface area contributed by atoms with Crippen molar-refractivity contribution in [3.63, 3.8) is 0 Å². The molecule has 4 amide bonds. The van der Waals surface area contributed by atoms with Crippen LogP contribution in [0.25, 0.3) is 0 Å². The van der Waals surface area contributed by atoms with E-state index in [9.17, 15) is 14.4 Å². The van der Waals surface area contributed by atoms with Crippen molar-refractivity contribution in [3.8, 4) is 0 Å². The van der Waals surface area contributed by atoms with Crippen LogP contribution in [0.4, 0.5) is 4.79 Å². The number of carbonyl (C=O) groups is 3. The molecule has 7 heteroatoms. The number of imide groups is 1. The Morgan fingerprint density at radius 3 is 2.44 bits per heavy atom. The zero-order valence-electron chi connectivity index (χ0n) is 19.2. The first-order valence-electron chi connectivity index (χ1n) is 12.3. The second kappa shape index (κ2) is 10.0. The van der Waals surface area contributed by atoms with Crippen LogP contribution in [-0.4, -0.2) is 51.8 Å². The third kappa shape index (κ3) is 4.81. The van der Waals surface area contributed by atoms with E-state index in [1.807, 2.05) is 19.1 Å². The van der Waals surface area contributed by atoms with Gasteiger partial charge in [0.1, 0.15) is 6.04 Å². The van der Waals surface area contributed by atoms with Crippen molar-refractivity contribution >= 4 is 17.8 Å². The van der Waals surface area contributed by atoms with Crippen LogP contribution in [0.3, 0.4) is 0 Å². The van der Waals surface area contributed by atoms with Gasteiger partial charge in [0.05, 0.1) is 5.92 Å². The molecule has 1 aliphatic carbocycles. The summed E-state index contributed by atoms with van der Waals surface area (Å²) in [6, 6.07) is 2.54. The molecule has 1 aromatic heterocycles. The summed E-state index contributed by atoms with van der Waals surface area (Å²) in [6.07, 6.45) is 13.2. The average molecular weight is 441 g/mol. The van der Waals surface area contributed by atoms with Gasteiger partial charge in [0, 0.05) is 25.0 Å². The predicted octanol–water partition coefficient (Wildman–Crippen LogP) is 3.44. The van der Waals surface area contributed by atoms with Gasteiger partial charge in [0.2, 0.25) is 11.8 Å². The van der Waals surface area contributed by atoms with Crippen LogP contribution in [0.1, 0.15) is 69.0 Å². The Bertz CT molecular complexity index is 849. The van der Waals surface area contributed by atoms with Crippen LogP contribution in [-0.2, 0) is 16.0 Å². The van der Waals surface area contributed by atoms with Crippen molar-refractivity contribution in [2.45, 2.75) is 77.2 Å². The molecule has 1 aromatic rings. The lowest BCUT2D eigenvalue weighted by atomic mass is 9.78. The highest BCUT2D eigenvalue weighted by atomic mass is 16.2. The molecular formula is C25H36N4O3. The minimum Gasteiger partial charge on any atom is -0.368 e. The molecular weight excluding hydrogens is 404 g/mol. The maximum absolute atomic E-state index is 13.3. The molecule has 0 radical (unpaired) electrons. The second-order valence-corrected chi connectivity index (χ2v) is 9.91. The highest BCUT2D eigenvalue weighted by Crippen LogP contribution is 2.36. The number of nitrogens with two attached hydrogens (primary N) is 1. The smallest absolute Gasteiger partial charge is 0.327 e. The lowest BCUT2D eigenvalue weighted by Gasteiger charge is -2.47. The van der Waals surface area contributed by atoms with Gasteiger partial charge in [-0.25, -0.2) is 4.79 Å². The van der Waals surface area contributed by atoms with Crippen molar-refractivity contribution in [2.24, 2.45) is 23.5 Å². The van der Waals surface area contributed by atoms with Crippen molar-refractivity contribution in [2.75, 3.05) is 13.1 Å².